The van der Waals surface area contributed by atoms with Crippen molar-refractivity contribution in [1.82, 2.24) is 14.3 Å². The molecule has 1 saturated heterocycles. The number of halogens is 1. The maximum absolute atomic E-state index is 13.1. The zero-order valence-electron chi connectivity index (χ0n) is 17.0. The molecular weight excluding hydrogens is 419 g/mol. The molecule has 1 amide bonds. The Bertz CT molecular complexity index is 1080. The Kier molecular flexibility index (Phi) is 6.22. The summed E-state index contributed by atoms with van der Waals surface area (Å²) in [5.41, 5.74) is 1.33. The standard InChI is InChI=1S/C22H21FN4O3S/c1-15(28)30-19-5-3-2-4-18(19)21(29)26-10-12-27(13-11-26)22-24-20(25-31-22)14-16-6-8-17(23)9-7-16/h2-9H,10-14H2,1H3. The van der Waals surface area contributed by atoms with Crippen LogP contribution in [0.3, 0.4) is 0 Å². The van der Waals surface area contributed by atoms with Crippen LogP contribution in [0.15, 0.2) is 48.5 Å². The summed E-state index contributed by atoms with van der Waals surface area (Å²) < 4.78 is 22.6. The van der Waals surface area contributed by atoms with Crippen LogP contribution in [0.25, 0.3) is 0 Å². The molecular formula is C22H21FN4O3S. The first-order valence-electron chi connectivity index (χ1n) is 9.88. The van der Waals surface area contributed by atoms with Crippen molar-refractivity contribution >= 4 is 28.5 Å². The Morgan fingerprint density at radius 1 is 1.06 bits per heavy atom. The number of rotatable bonds is 5. The number of ether oxygens (including phenoxy) is 1. The topological polar surface area (TPSA) is 75.6 Å². The Morgan fingerprint density at radius 3 is 2.48 bits per heavy atom. The fourth-order valence-corrected chi connectivity index (χ4v) is 4.12. The van der Waals surface area contributed by atoms with E-state index in [4.69, 9.17) is 4.74 Å². The van der Waals surface area contributed by atoms with Crippen molar-refractivity contribution in [1.29, 1.82) is 0 Å². The van der Waals surface area contributed by atoms with Gasteiger partial charge in [-0.25, -0.2) is 9.37 Å². The van der Waals surface area contributed by atoms with E-state index in [2.05, 4.69) is 14.3 Å². The molecule has 0 aliphatic carbocycles. The largest absolute Gasteiger partial charge is 0.426 e. The van der Waals surface area contributed by atoms with E-state index in [1.807, 2.05) is 0 Å². The third-order valence-electron chi connectivity index (χ3n) is 4.94. The van der Waals surface area contributed by atoms with Gasteiger partial charge in [0.1, 0.15) is 17.4 Å². The number of aromatic nitrogens is 2. The number of para-hydroxylation sites is 1. The summed E-state index contributed by atoms with van der Waals surface area (Å²) in [6.07, 6.45) is 0.544. The van der Waals surface area contributed by atoms with E-state index in [-0.39, 0.29) is 17.5 Å². The van der Waals surface area contributed by atoms with Gasteiger partial charge < -0.3 is 14.5 Å². The highest BCUT2D eigenvalue weighted by Gasteiger charge is 2.26. The molecule has 1 aliphatic rings. The summed E-state index contributed by atoms with van der Waals surface area (Å²) >= 11 is 1.32. The smallest absolute Gasteiger partial charge is 0.308 e. The van der Waals surface area contributed by atoms with E-state index < -0.39 is 5.97 Å². The minimum Gasteiger partial charge on any atom is -0.426 e. The fraction of sp³-hybridized carbons (Fsp3) is 0.273. The van der Waals surface area contributed by atoms with Gasteiger partial charge in [0, 0.05) is 51.1 Å². The summed E-state index contributed by atoms with van der Waals surface area (Å²) in [5.74, 6) is 0.0829. The summed E-state index contributed by atoms with van der Waals surface area (Å²) in [7, 11) is 0. The van der Waals surface area contributed by atoms with E-state index in [1.165, 1.54) is 30.6 Å². The molecule has 1 fully saturated rings. The van der Waals surface area contributed by atoms with Crippen LogP contribution in [0.2, 0.25) is 0 Å². The lowest BCUT2D eigenvalue weighted by Crippen LogP contribution is -2.48. The number of nitrogens with zero attached hydrogens (tertiary/aromatic N) is 4. The fourth-order valence-electron chi connectivity index (χ4n) is 3.39. The Morgan fingerprint density at radius 2 is 1.77 bits per heavy atom. The van der Waals surface area contributed by atoms with Gasteiger partial charge in [-0.1, -0.05) is 24.3 Å². The molecule has 2 heterocycles. The molecule has 160 valence electrons. The van der Waals surface area contributed by atoms with Crippen LogP contribution in [0.1, 0.15) is 28.7 Å². The van der Waals surface area contributed by atoms with Crippen LogP contribution in [0.4, 0.5) is 9.52 Å². The van der Waals surface area contributed by atoms with Crippen LogP contribution < -0.4 is 9.64 Å². The molecule has 0 saturated carbocycles. The molecule has 1 aromatic heterocycles. The number of carbonyl (C=O) groups excluding carboxylic acids is 2. The molecule has 31 heavy (non-hydrogen) atoms. The van der Waals surface area contributed by atoms with Gasteiger partial charge in [0.2, 0.25) is 5.13 Å². The monoisotopic (exact) mass is 440 g/mol. The molecule has 1 aliphatic heterocycles. The van der Waals surface area contributed by atoms with Crippen molar-refractivity contribution in [2.75, 3.05) is 31.1 Å². The molecule has 2 aromatic carbocycles. The SMILES string of the molecule is CC(=O)Oc1ccccc1C(=O)N1CCN(c2nc(Cc3ccc(F)cc3)ns2)CC1. The first-order chi connectivity index (χ1) is 15.0. The van der Waals surface area contributed by atoms with Gasteiger partial charge in [-0.05, 0) is 29.8 Å². The third kappa shape index (κ3) is 5.05. The van der Waals surface area contributed by atoms with Gasteiger partial charge >= 0.3 is 5.97 Å². The van der Waals surface area contributed by atoms with Gasteiger partial charge in [0.05, 0.1) is 5.56 Å². The first-order valence-corrected chi connectivity index (χ1v) is 10.7. The molecule has 9 heteroatoms. The Hall–Kier alpha value is -3.33. The van der Waals surface area contributed by atoms with Crippen LogP contribution in [0, 0.1) is 5.82 Å². The van der Waals surface area contributed by atoms with Crippen molar-refractivity contribution in [3.8, 4) is 5.75 Å². The zero-order valence-corrected chi connectivity index (χ0v) is 17.8. The normalized spacial score (nSPS) is 13.9. The Labute approximate surface area is 183 Å². The third-order valence-corrected chi connectivity index (χ3v) is 5.76. The lowest BCUT2D eigenvalue weighted by Gasteiger charge is -2.34. The summed E-state index contributed by atoms with van der Waals surface area (Å²) in [6.45, 7) is 3.63. The number of carbonyl (C=O) groups is 2. The second-order valence-corrected chi connectivity index (χ2v) is 7.90. The number of benzene rings is 2. The van der Waals surface area contributed by atoms with E-state index in [0.29, 0.717) is 44.0 Å². The lowest BCUT2D eigenvalue weighted by atomic mass is 10.1. The highest BCUT2D eigenvalue weighted by Crippen LogP contribution is 2.24. The van der Waals surface area contributed by atoms with Crippen molar-refractivity contribution in [2.24, 2.45) is 0 Å². The van der Waals surface area contributed by atoms with Crippen molar-refractivity contribution in [2.45, 2.75) is 13.3 Å². The molecule has 0 radical (unpaired) electrons. The molecule has 4 rings (SSSR count). The van der Waals surface area contributed by atoms with E-state index in [9.17, 15) is 14.0 Å². The minimum atomic E-state index is -0.460. The second kappa shape index (κ2) is 9.22. The molecule has 3 aromatic rings. The number of hydrogen-bond donors (Lipinski definition) is 0. The quantitative estimate of drug-likeness (QED) is 0.448. The molecule has 0 atom stereocenters. The highest BCUT2D eigenvalue weighted by atomic mass is 32.1. The molecule has 0 bridgehead atoms. The van der Waals surface area contributed by atoms with Gasteiger partial charge in [-0.2, -0.15) is 4.37 Å². The molecule has 0 N–H and O–H groups in total. The van der Waals surface area contributed by atoms with Gasteiger partial charge in [0.25, 0.3) is 5.91 Å². The lowest BCUT2D eigenvalue weighted by molar-refractivity contribution is -0.131. The van der Waals surface area contributed by atoms with Gasteiger partial charge in [0.15, 0.2) is 0 Å². The number of piperazine rings is 1. The van der Waals surface area contributed by atoms with Crippen molar-refractivity contribution < 1.29 is 18.7 Å². The zero-order chi connectivity index (χ0) is 21.8. The van der Waals surface area contributed by atoms with E-state index in [0.717, 1.165) is 10.7 Å². The molecule has 0 unspecified atom stereocenters. The van der Waals surface area contributed by atoms with Crippen LogP contribution in [-0.2, 0) is 11.2 Å². The predicted molar refractivity (Wildman–Crippen MR) is 115 cm³/mol. The van der Waals surface area contributed by atoms with Crippen molar-refractivity contribution in [3.63, 3.8) is 0 Å². The average molecular weight is 441 g/mol. The molecule has 7 nitrogen and oxygen atoms in total. The average Bonchev–Trinajstić information content (AvgIpc) is 3.23. The van der Waals surface area contributed by atoms with E-state index >= 15 is 0 Å². The predicted octanol–water partition coefficient (Wildman–Crippen LogP) is 3.16. The number of anilines is 1. The van der Waals surface area contributed by atoms with Crippen LogP contribution in [-0.4, -0.2) is 52.3 Å². The molecule has 0 spiro atoms. The van der Waals surface area contributed by atoms with Crippen molar-refractivity contribution in [3.05, 3.63) is 71.3 Å². The second-order valence-electron chi connectivity index (χ2n) is 7.17. The van der Waals surface area contributed by atoms with Crippen LogP contribution in [0.5, 0.6) is 5.75 Å². The summed E-state index contributed by atoms with van der Waals surface area (Å²) in [4.78, 5) is 32.7. The maximum atomic E-state index is 13.1. The summed E-state index contributed by atoms with van der Waals surface area (Å²) in [6, 6.07) is 13.1. The number of hydrogen-bond acceptors (Lipinski definition) is 7. The maximum Gasteiger partial charge on any atom is 0.308 e. The first kappa shape index (κ1) is 20.9. The number of esters is 1. The minimum absolute atomic E-state index is 0.161. The summed E-state index contributed by atoms with van der Waals surface area (Å²) in [5, 5.41) is 0.810. The van der Waals surface area contributed by atoms with E-state index in [1.54, 1.807) is 41.3 Å². The number of amides is 1. The van der Waals surface area contributed by atoms with Crippen LogP contribution >= 0.6 is 11.5 Å². The Balaban J connectivity index is 1.37. The highest BCUT2D eigenvalue weighted by molar-refractivity contribution is 7.09. The van der Waals surface area contributed by atoms with Gasteiger partial charge in [-0.3, -0.25) is 9.59 Å². The van der Waals surface area contributed by atoms with Gasteiger partial charge in [-0.15, -0.1) is 0 Å².